The molecule has 0 spiro atoms. The lowest BCUT2D eigenvalue weighted by atomic mass is 10.2. The predicted molar refractivity (Wildman–Crippen MR) is 71.1 cm³/mol. The second kappa shape index (κ2) is 5.13. The average molecular weight is 257 g/mol. The van der Waals surface area contributed by atoms with Crippen LogP contribution in [0.1, 0.15) is 32.6 Å². The number of nitrogens with zero attached hydrogens (tertiary/aromatic N) is 1. The first kappa shape index (κ1) is 12.5. The minimum absolute atomic E-state index is 0.0949. The van der Waals surface area contributed by atoms with Crippen molar-refractivity contribution < 1.29 is 4.39 Å². The number of anilines is 2. The van der Waals surface area contributed by atoms with Crippen LogP contribution >= 0.6 is 11.6 Å². The number of benzene rings is 1. The monoisotopic (exact) mass is 256 g/mol. The Balaban J connectivity index is 2.25. The van der Waals surface area contributed by atoms with Crippen LogP contribution < -0.4 is 10.6 Å². The van der Waals surface area contributed by atoms with Crippen molar-refractivity contribution in [1.82, 2.24) is 0 Å². The maximum absolute atomic E-state index is 13.5. The second-order valence-corrected chi connectivity index (χ2v) is 5.01. The summed E-state index contributed by atoms with van der Waals surface area (Å²) in [7, 11) is 0. The van der Waals surface area contributed by atoms with Crippen molar-refractivity contribution in [1.29, 1.82) is 0 Å². The molecule has 0 aromatic heterocycles. The SMILES string of the molecule is CCCCN(c1cc(F)c(Cl)cc1N)C1CC1. The van der Waals surface area contributed by atoms with E-state index < -0.39 is 5.82 Å². The van der Waals surface area contributed by atoms with E-state index in [1.165, 1.54) is 25.0 Å². The van der Waals surface area contributed by atoms with Crippen molar-refractivity contribution in [2.24, 2.45) is 0 Å². The lowest BCUT2D eigenvalue weighted by Gasteiger charge is -2.26. The van der Waals surface area contributed by atoms with E-state index in [1.807, 2.05) is 0 Å². The fourth-order valence-electron chi connectivity index (χ4n) is 2.01. The molecule has 0 saturated heterocycles. The first-order valence-electron chi connectivity index (χ1n) is 6.14. The van der Waals surface area contributed by atoms with Crippen LogP contribution in [0.4, 0.5) is 15.8 Å². The highest BCUT2D eigenvalue weighted by atomic mass is 35.5. The third kappa shape index (κ3) is 2.83. The van der Waals surface area contributed by atoms with Crippen LogP contribution in [0, 0.1) is 5.82 Å². The van der Waals surface area contributed by atoms with Crippen LogP contribution in [-0.4, -0.2) is 12.6 Å². The molecule has 0 amide bonds. The summed E-state index contributed by atoms with van der Waals surface area (Å²) in [5, 5.41) is 0.0949. The maximum atomic E-state index is 13.5. The summed E-state index contributed by atoms with van der Waals surface area (Å²) in [5.74, 6) is -0.391. The van der Waals surface area contributed by atoms with E-state index >= 15 is 0 Å². The molecule has 1 aromatic carbocycles. The summed E-state index contributed by atoms with van der Waals surface area (Å²) in [6.45, 7) is 3.09. The van der Waals surface area contributed by atoms with E-state index in [4.69, 9.17) is 17.3 Å². The van der Waals surface area contributed by atoms with Gasteiger partial charge in [-0.3, -0.25) is 0 Å². The highest BCUT2D eigenvalue weighted by Gasteiger charge is 2.30. The van der Waals surface area contributed by atoms with Gasteiger partial charge < -0.3 is 10.6 Å². The highest BCUT2D eigenvalue weighted by Crippen LogP contribution is 2.37. The van der Waals surface area contributed by atoms with Gasteiger partial charge in [-0.25, -0.2) is 4.39 Å². The zero-order chi connectivity index (χ0) is 12.4. The summed E-state index contributed by atoms with van der Waals surface area (Å²) in [5.41, 5.74) is 7.30. The molecule has 2 rings (SSSR count). The highest BCUT2D eigenvalue weighted by molar-refractivity contribution is 6.31. The van der Waals surface area contributed by atoms with Crippen LogP contribution in [0.2, 0.25) is 5.02 Å². The van der Waals surface area contributed by atoms with Gasteiger partial charge in [0, 0.05) is 18.7 Å². The summed E-state index contributed by atoms with van der Waals surface area (Å²) >= 11 is 5.72. The van der Waals surface area contributed by atoms with Crippen LogP contribution in [0.25, 0.3) is 0 Å². The van der Waals surface area contributed by atoms with Gasteiger partial charge in [0.25, 0.3) is 0 Å². The zero-order valence-electron chi connectivity index (χ0n) is 10.0. The Hall–Kier alpha value is -0.960. The van der Waals surface area contributed by atoms with Gasteiger partial charge >= 0.3 is 0 Å². The number of hydrogen-bond acceptors (Lipinski definition) is 2. The van der Waals surface area contributed by atoms with Crippen molar-refractivity contribution in [3.63, 3.8) is 0 Å². The fourth-order valence-corrected chi connectivity index (χ4v) is 2.19. The summed E-state index contributed by atoms with van der Waals surface area (Å²) in [6.07, 6.45) is 4.57. The van der Waals surface area contributed by atoms with E-state index in [9.17, 15) is 4.39 Å². The van der Waals surface area contributed by atoms with Crippen molar-refractivity contribution in [2.45, 2.75) is 38.6 Å². The Morgan fingerprint density at radius 1 is 1.47 bits per heavy atom. The van der Waals surface area contributed by atoms with Gasteiger partial charge in [-0.15, -0.1) is 0 Å². The Labute approximate surface area is 107 Å². The van der Waals surface area contributed by atoms with Crippen molar-refractivity contribution in [3.8, 4) is 0 Å². The second-order valence-electron chi connectivity index (χ2n) is 4.60. The normalized spacial score (nSPS) is 15.0. The van der Waals surface area contributed by atoms with Gasteiger partial charge in [0.1, 0.15) is 5.82 Å². The first-order chi connectivity index (χ1) is 8.13. The third-order valence-electron chi connectivity index (χ3n) is 3.12. The number of rotatable bonds is 5. The van der Waals surface area contributed by atoms with Crippen LogP contribution in [0.3, 0.4) is 0 Å². The third-order valence-corrected chi connectivity index (χ3v) is 3.41. The number of unbranched alkanes of at least 4 members (excludes halogenated alkanes) is 1. The average Bonchev–Trinajstić information content (AvgIpc) is 3.10. The summed E-state index contributed by atoms with van der Waals surface area (Å²) < 4.78 is 13.5. The Morgan fingerprint density at radius 3 is 2.76 bits per heavy atom. The van der Waals surface area contributed by atoms with Gasteiger partial charge in [0.15, 0.2) is 0 Å². The van der Waals surface area contributed by atoms with Gasteiger partial charge in [-0.05, 0) is 25.3 Å². The molecular weight excluding hydrogens is 239 g/mol. The zero-order valence-corrected chi connectivity index (χ0v) is 10.8. The molecule has 0 bridgehead atoms. The molecule has 0 heterocycles. The molecule has 0 atom stereocenters. The molecule has 17 heavy (non-hydrogen) atoms. The molecule has 0 aliphatic heterocycles. The molecule has 1 aromatic rings. The number of nitrogen functional groups attached to an aromatic ring is 1. The van der Waals surface area contributed by atoms with Gasteiger partial charge in [0.2, 0.25) is 0 Å². The fraction of sp³-hybridized carbons (Fsp3) is 0.538. The molecule has 2 nitrogen and oxygen atoms in total. The number of nitrogens with two attached hydrogens (primary N) is 1. The Morgan fingerprint density at radius 2 is 2.18 bits per heavy atom. The molecule has 0 radical (unpaired) electrons. The number of halogens is 2. The summed E-state index contributed by atoms with van der Waals surface area (Å²) in [4.78, 5) is 2.22. The Bertz CT molecular complexity index is 405. The molecule has 1 saturated carbocycles. The van der Waals surface area contributed by atoms with Crippen LogP contribution in [0.5, 0.6) is 0 Å². The molecule has 1 aliphatic carbocycles. The van der Waals surface area contributed by atoms with Crippen LogP contribution in [-0.2, 0) is 0 Å². The van der Waals surface area contributed by atoms with Crippen LogP contribution in [0.15, 0.2) is 12.1 Å². The molecule has 0 unspecified atom stereocenters. The quantitative estimate of drug-likeness (QED) is 0.812. The van der Waals surface area contributed by atoms with Gasteiger partial charge in [0.05, 0.1) is 16.4 Å². The number of hydrogen-bond donors (Lipinski definition) is 1. The topological polar surface area (TPSA) is 29.3 Å². The minimum Gasteiger partial charge on any atom is -0.397 e. The van der Waals surface area contributed by atoms with E-state index in [0.29, 0.717) is 11.7 Å². The van der Waals surface area contributed by atoms with E-state index in [2.05, 4.69) is 11.8 Å². The molecule has 4 heteroatoms. The lowest BCUT2D eigenvalue weighted by molar-refractivity contribution is 0.625. The van der Waals surface area contributed by atoms with Crippen molar-refractivity contribution >= 4 is 23.0 Å². The molecule has 94 valence electrons. The molecule has 2 N–H and O–H groups in total. The smallest absolute Gasteiger partial charge is 0.144 e. The predicted octanol–water partition coefficient (Wildman–Crippen LogP) is 3.83. The Kier molecular flexibility index (Phi) is 3.77. The van der Waals surface area contributed by atoms with Gasteiger partial charge in [-0.2, -0.15) is 0 Å². The first-order valence-corrected chi connectivity index (χ1v) is 6.52. The van der Waals surface area contributed by atoms with E-state index in [-0.39, 0.29) is 5.02 Å². The van der Waals surface area contributed by atoms with E-state index in [0.717, 1.165) is 25.1 Å². The lowest BCUT2D eigenvalue weighted by Crippen LogP contribution is -2.27. The maximum Gasteiger partial charge on any atom is 0.144 e. The van der Waals surface area contributed by atoms with Crippen molar-refractivity contribution in [2.75, 3.05) is 17.2 Å². The van der Waals surface area contributed by atoms with Gasteiger partial charge in [-0.1, -0.05) is 24.9 Å². The van der Waals surface area contributed by atoms with E-state index in [1.54, 1.807) is 0 Å². The van der Waals surface area contributed by atoms with Crippen molar-refractivity contribution in [3.05, 3.63) is 23.0 Å². The standard InChI is InChI=1S/C13H18ClFN2/c1-2-3-6-17(9-4-5-9)13-8-11(15)10(14)7-12(13)16/h7-9H,2-6,16H2,1H3. The molecular formula is C13H18ClFN2. The molecule has 1 aliphatic rings. The molecule has 1 fully saturated rings. The largest absolute Gasteiger partial charge is 0.397 e. The summed E-state index contributed by atoms with van der Waals surface area (Å²) in [6, 6.07) is 3.50. The minimum atomic E-state index is -0.391.